The van der Waals surface area contributed by atoms with E-state index in [0.717, 1.165) is 23.2 Å². The Morgan fingerprint density at radius 1 is 1.00 bits per heavy atom. The number of allylic oxidation sites excluding steroid dienone is 2. The SMILES string of the molecule is COC(=O)[C@H]([C@H]1C=CCC[C@@H]1C(=O)OC)[C@H](Nc1ccc(C)cc1)c1ccccc1. The summed E-state index contributed by atoms with van der Waals surface area (Å²) in [5.41, 5.74) is 3.01. The first-order valence-corrected chi connectivity index (χ1v) is 10.3. The van der Waals surface area contributed by atoms with Crippen LogP contribution >= 0.6 is 0 Å². The Balaban J connectivity index is 2.06. The van der Waals surface area contributed by atoms with Gasteiger partial charge >= 0.3 is 11.9 Å². The summed E-state index contributed by atoms with van der Waals surface area (Å²) in [7, 11) is 2.78. The number of aryl methyl sites for hydroxylation is 1. The van der Waals surface area contributed by atoms with Crippen LogP contribution in [0.15, 0.2) is 66.7 Å². The number of nitrogens with one attached hydrogen (secondary N) is 1. The second kappa shape index (κ2) is 10.1. The molecule has 158 valence electrons. The summed E-state index contributed by atoms with van der Waals surface area (Å²) < 4.78 is 10.3. The van der Waals surface area contributed by atoms with Crippen molar-refractivity contribution in [2.45, 2.75) is 25.8 Å². The molecule has 3 rings (SSSR count). The molecule has 2 aromatic rings. The van der Waals surface area contributed by atoms with Gasteiger partial charge in [-0.2, -0.15) is 0 Å². The third-order valence-electron chi connectivity index (χ3n) is 5.75. The highest BCUT2D eigenvalue weighted by Gasteiger charge is 2.43. The second-order valence-electron chi connectivity index (χ2n) is 7.66. The maximum absolute atomic E-state index is 13.1. The van der Waals surface area contributed by atoms with Gasteiger partial charge in [0.2, 0.25) is 0 Å². The minimum Gasteiger partial charge on any atom is -0.469 e. The van der Waals surface area contributed by atoms with E-state index in [-0.39, 0.29) is 23.9 Å². The molecule has 2 aromatic carbocycles. The van der Waals surface area contributed by atoms with Crippen LogP contribution in [0.2, 0.25) is 0 Å². The summed E-state index contributed by atoms with van der Waals surface area (Å²) in [6, 6.07) is 17.5. The van der Waals surface area contributed by atoms with Crippen molar-refractivity contribution < 1.29 is 19.1 Å². The molecular formula is C25H29NO4. The average molecular weight is 408 g/mol. The molecule has 1 aliphatic rings. The van der Waals surface area contributed by atoms with Gasteiger partial charge in [-0.3, -0.25) is 9.59 Å². The first-order chi connectivity index (χ1) is 14.5. The summed E-state index contributed by atoms with van der Waals surface area (Å²) in [5, 5.41) is 3.53. The molecule has 5 heteroatoms. The Morgan fingerprint density at radius 3 is 2.33 bits per heavy atom. The van der Waals surface area contributed by atoms with E-state index in [4.69, 9.17) is 9.47 Å². The molecule has 1 N–H and O–H groups in total. The van der Waals surface area contributed by atoms with Crippen molar-refractivity contribution in [1.82, 2.24) is 0 Å². The molecule has 0 radical (unpaired) electrons. The Hall–Kier alpha value is -3.08. The number of benzene rings is 2. The second-order valence-corrected chi connectivity index (χ2v) is 7.66. The zero-order valence-corrected chi connectivity index (χ0v) is 17.7. The molecule has 0 unspecified atom stereocenters. The third kappa shape index (κ3) is 4.90. The topological polar surface area (TPSA) is 64.6 Å². The van der Waals surface area contributed by atoms with Crippen LogP contribution in [0, 0.1) is 24.7 Å². The van der Waals surface area contributed by atoms with Crippen LogP contribution in [0.4, 0.5) is 5.69 Å². The van der Waals surface area contributed by atoms with Gasteiger partial charge < -0.3 is 14.8 Å². The maximum Gasteiger partial charge on any atom is 0.311 e. The molecule has 0 amide bonds. The van der Waals surface area contributed by atoms with E-state index in [1.165, 1.54) is 14.2 Å². The lowest BCUT2D eigenvalue weighted by molar-refractivity contribution is -0.153. The average Bonchev–Trinajstić information content (AvgIpc) is 2.80. The molecule has 5 nitrogen and oxygen atoms in total. The zero-order chi connectivity index (χ0) is 21.5. The van der Waals surface area contributed by atoms with Gasteiger partial charge in [-0.1, -0.05) is 60.2 Å². The first kappa shape index (κ1) is 21.6. The fourth-order valence-electron chi connectivity index (χ4n) is 4.17. The summed E-state index contributed by atoms with van der Waals surface area (Å²) in [4.78, 5) is 25.6. The number of rotatable bonds is 7. The van der Waals surface area contributed by atoms with Gasteiger partial charge in [-0.25, -0.2) is 0 Å². The smallest absolute Gasteiger partial charge is 0.311 e. The monoisotopic (exact) mass is 407 g/mol. The fourth-order valence-corrected chi connectivity index (χ4v) is 4.17. The highest BCUT2D eigenvalue weighted by Crippen LogP contribution is 2.40. The van der Waals surface area contributed by atoms with Crippen LogP contribution in [0.1, 0.15) is 30.0 Å². The molecular weight excluding hydrogens is 378 g/mol. The number of hydrogen-bond acceptors (Lipinski definition) is 5. The highest BCUT2D eigenvalue weighted by molar-refractivity contribution is 5.79. The standard InChI is InChI=1S/C25H29NO4/c1-17-13-15-19(16-14-17)26-23(18-9-5-4-6-10-18)22(25(28)30-3)20-11-7-8-12-21(20)24(27)29-2/h4-7,9-11,13-16,20-23,26H,8,12H2,1-3H3/t20-,21-,22+,23+/m0/s1. The van der Waals surface area contributed by atoms with Gasteiger partial charge in [0.1, 0.15) is 0 Å². The lowest BCUT2D eigenvalue weighted by atomic mass is 9.72. The zero-order valence-electron chi connectivity index (χ0n) is 17.7. The highest BCUT2D eigenvalue weighted by atomic mass is 16.5. The van der Waals surface area contributed by atoms with Crippen molar-refractivity contribution >= 4 is 17.6 Å². The molecule has 0 fully saturated rings. The van der Waals surface area contributed by atoms with Gasteiger partial charge in [-0.15, -0.1) is 0 Å². The van der Waals surface area contributed by atoms with Gasteiger partial charge in [0.25, 0.3) is 0 Å². The van der Waals surface area contributed by atoms with Crippen LogP contribution in [0.25, 0.3) is 0 Å². The largest absolute Gasteiger partial charge is 0.469 e. The summed E-state index contributed by atoms with van der Waals surface area (Å²) in [6.07, 6.45) is 5.44. The minimum absolute atomic E-state index is 0.291. The van der Waals surface area contributed by atoms with Crippen molar-refractivity contribution in [2.75, 3.05) is 19.5 Å². The Labute approximate surface area is 178 Å². The quantitative estimate of drug-likeness (QED) is 0.533. The number of carbonyl (C=O) groups is 2. The normalized spacial score (nSPS) is 20.1. The predicted molar refractivity (Wildman–Crippen MR) is 117 cm³/mol. The van der Waals surface area contributed by atoms with E-state index in [0.29, 0.717) is 6.42 Å². The minimum atomic E-state index is -0.598. The lowest BCUT2D eigenvalue weighted by Crippen LogP contribution is -2.40. The first-order valence-electron chi connectivity index (χ1n) is 10.3. The van der Waals surface area contributed by atoms with Gasteiger partial charge in [0.15, 0.2) is 0 Å². The molecule has 30 heavy (non-hydrogen) atoms. The van der Waals surface area contributed by atoms with Crippen LogP contribution in [0.3, 0.4) is 0 Å². The number of methoxy groups -OCH3 is 2. The maximum atomic E-state index is 13.1. The van der Waals surface area contributed by atoms with E-state index in [9.17, 15) is 9.59 Å². The number of ether oxygens (including phenoxy) is 2. The Kier molecular flexibility index (Phi) is 7.28. The molecule has 0 aromatic heterocycles. The van der Waals surface area contributed by atoms with Crippen LogP contribution in [0.5, 0.6) is 0 Å². The summed E-state index contributed by atoms with van der Waals surface area (Å²) in [6.45, 7) is 2.03. The van der Waals surface area contributed by atoms with Crippen LogP contribution in [-0.4, -0.2) is 26.2 Å². The van der Waals surface area contributed by atoms with E-state index >= 15 is 0 Å². The van der Waals surface area contributed by atoms with Gasteiger partial charge in [-0.05, 0) is 37.5 Å². The van der Waals surface area contributed by atoms with Crippen molar-refractivity contribution in [3.05, 3.63) is 77.9 Å². The molecule has 0 saturated carbocycles. The van der Waals surface area contributed by atoms with E-state index in [1.807, 2.05) is 73.7 Å². The summed E-state index contributed by atoms with van der Waals surface area (Å²) >= 11 is 0. The fraction of sp³-hybridized carbons (Fsp3) is 0.360. The Morgan fingerprint density at radius 2 is 1.70 bits per heavy atom. The third-order valence-corrected chi connectivity index (χ3v) is 5.75. The van der Waals surface area contributed by atoms with Gasteiger partial charge in [0.05, 0.1) is 32.1 Å². The van der Waals surface area contributed by atoms with Crippen molar-refractivity contribution in [2.24, 2.45) is 17.8 Å². The van der Waals surface area contributed by atoms with E-state index < -0.39 is 11.8 Å². The predicted octanol–water partition coefficient (Wildman–Crippen LogP) is 4.69. The van der Waals surface area contributed by atoms with E-state index in [2.05, 4.69) is 5.32 Å². The van der Waals surface area contributed by atoms with Gasteiger partial charge in [0, 0.05) is 11.6 Å². The molecule has 0 spiro atoms. The number of anilines is 1. The Bertz CT molecular complexity index is 876. The van der Waals surface area contributed by atoms with Crippen LogP contribution in [-0.2, 0) is 19.1 Å². The van der Waals surface area contributed by atoms with Crippen molar-refractivity contribution in [3.63, 3.8) is 0 Å². The van der Waals surface area contributed by atoms with E-state index in [1.54, 1.807) is 0 Å². The number of hydrogen-bond donors (Lipinski definition) is 1. The van der Waals surface area contributed by atoms with Crippen molar-refractivity contribution in [1.29, 1.82) is 0 Å². The summed E-state index contributed by atoms with van der Waals surface area (Å²) in [5.74, 6) is -1.97. The number of carbonyl (C=O) groups excluding carboxylic acids is 2. The molecule has 0 aliphatic heterocycles. The molecule has 4 atom stereocenters. The van der Waals surface area contributed by atoms with Crippen LogP contribution < -0.4 is 5.32 Å². The molecule has 0 bridgehead atoms. The molecule has 0 saturated heterocycles. The molecule has 0 heterocycles. The van der Waals surface area contributed by atoms with Crippen molar-refractivity contribution in [3.8, 4) is 0 Å². The molecule has 1 aliphatic carbocycles. The lowest BCUT2D eigenvalue weighted by Gasteiger charge is -2.36. The number of esters is 2.